The van der Waals surface area contributed by atoms with Crippen LogP contribution in [0.3, 0.4) is 0 Å². The Kier molecular flexibility index (Phi) is 6.48. The molecule has 5 nitrogen and oxygen atoms in total. The molecule has 186 valence electrons. The van der Waals surface area contributed by atoms with Gasteiger partial charge in [0.1, 0.15) is 0 Å². The summed E-state index contributed by atoms with van der Waals surface area (Å²) in [6.45, 7) is 2.82. The Hall–Kier alpha value is -2.83. The van der Waals surface area contributed by atoms with E-state index in [9.17, 15) is 9.59 Å². The van der Waals surface area contributed by atoms with Gasteiger partial charge in [0, 0.05) is 53.4 Å². The maximum atomic E-state index is 14.3. The van der Waals surface area contributed by atoms with Gasteiger partial charge in [-0.15, -0.1) is 11.3 Å². The minimum absolute atomic E-state index is 0.0747. The standard InChI is InChI=1S/C29H30ClN3O2S/c30-20-7-5-10-22(19-20)31-14-16-32(17-15-31)29(35)26-23-11-3-4-12-24(23)28(34)33(21-8-1-2-9-21)27(26)25-13-6-18-36-25/h3-7,10-13,18-19,21,26-27H,1-2,8-9,14-17H2/t26-,27+/m0/s1. The van der Waals surface area contributed by atoms with Gasteiger partial charge < -0.3 is 14.7 Å². The van der Waals surface area contributed by atoms with Crippen molar-refractivity contribution in [1.82, 2.24) is 9.80 Å². The number of carbonyl (C=O) groups is 2. The summed E-state index contributed by atoms with van der Waals surface area (Å²) in [4.78, 5) is 35.7. The Morgan fingerprint density at radius 2 is 1.69 bits per heavy atom. The van der Waals surface area contributed by atoms with Crippen LogP contribution in [0, 0.1) is 0 Å². The highest BCUT2D eigenvalue weighted by atomic mass is 35.5. The number of rotatable bonds is 4. The number of carbonyl (C=O) groups excluding carboxylic acids is 2. The number of halogens is 1. The lowest BCUT2D eigenvalue weighted by atomic mass is 9.80. The van der Waals surface area contributed by atoms with Gasteiger partial charge >= 0.3 is 0 Å². The van der Waals surface area contributed by atoms with Crippen LogP contribution in [0.5, 0.6) is 0 Å². The molecular weight excluding hydrogens is 490 g/mol. The first-order valence-electron chi connectivity index (χ1n) is 12.9. The number of fused-ring (bicyclic) bond motifs is 1. The second kappa shape index (κ2) is 9.91. The van der Waals surface area contributed by atoms with Gasteiger partial charge in [-0.25, -0.2) is 0 Å². The van der Waals surface area contributed by atoms with Gasteiger partial charge in [-0.1, -0.05) is 54.8 Å². The summed E-state index contributed by atoms with van der Waals surface area (Å²) in [7, 11) is 0. The molecule has 2 amide bonds. The van der Waals surface area contributed by atoms with E-state index in [1.165, 1.54) is 0 Å². The Morgan fingerprint density at radius 1 is 0.917 bits per heavy atom. The molecule has 2 atom stereocenters. The number of benzene rings is 2. The fourth-order valence-corrected chi connectivity index (χ4v) is 7.26. The van der Waals surface area contributed by atoms with E-state index in [2.05, 4.69) is 27.3 Å². The molecule has 0 radical (unpaired) electrons. The van der Waals surface area contributed by atoms with Crippen LogP contribution in [-0.4, -0.2) is 53.8 Å². The van der Waals surface area contributed by atoms with E-state index >= 15 is 0 Å². The first kappa shape index (κ1) is 23.6. The normalized spacial score (nSPS) is 22.7. The summed E-state index contributed by atoms with van der Waals surface area (Å²) < 4.78 is 0. The Morgan fingerprint density at radius 3 is 2.42 bits per heavy atom. The molecule has 1 saturated heterocycles. The smallest absolute Gasteiger partial charge is 0.254 e. The molecule has 3 aromatic rings. The minimum Gasteiger partial charge on any atom is -0.368 e. The first-order chi connectivity index (χ1) is 17.6. The van der Waals surface area contributed by atoms with Crippen molar-refractivity contribution in [1.29, 1.82) is 0 Å². The molecule has 2 aromatic carbocycles. The van der Waals surface area contributed by atoms with Gasteiger partial charge in [-0.05, 0) is 54.1 Å². The summed E-state index contributed by atoms with van der Waals surface area (Å²) in [6, 6.07) is 19.7. The van der Waals surface area contributed by atoms with Gasteiger partial charge in [0.15, 0.2) is 0 Å². The van der Waals surface area contributed by atoms with Crippen LogP contribution in [-0.2, 0) is 4.79 Å². The lowest BCUT2D eigenvalue weighted by Crippen LogP contribution is -2.54. The molecule has 1 saturated carbocycles. The zero-order valence-electron chi connectivity index (χ0n) is 20.2. The quantitative estimate of drug-likeness (QED) is 0.426. The highest BCUT2D eigenvalue weighted by Crippen LogP contribution is 2.47. The van der Waals surface area contributed by atoms with Crippen LogP contribution in [0.2, 0.25) is 5.02 Å². The molecule has 1 aliphatic carbocycles. The van der Waals surface area contributed by atoms with E-state index in [0.29, 0.717) is 18.7 Å². The molecule has 0 spiro atoms. The van der Waals surface area contributed by atoms with Crippen LogP contribution in [0.4, 0.5) is 5.69 Å². The lowest BCUT2D eigenvalue weighted by Gasteiger charge is -2.46. The van der Waals surface area contributed by atoms with Crippen molar-refractivity contribution >= 4 is 40.4 Å². The number of amides is 2. The van der Waals surface area contributed by atoms with Gasteiger partial charge in [0.2, 0.25) is 5.91 Å². The van der Waals surface area contributed by atoms with Crippen molar-refractivity contribution < 1.29 is 9.59 Å². The highest BCUT2D eigenvalue weighted by Gasteiger charge is 2.48. The molecule has 36 heavy (non-hydrogen) atoms. The van der Waals surface area contributed by atoms with Gasteiger partial charge in [0.05, 0.1) is 12.0 Å². The molecule has 3 aliphatic rings. The SMILES string of the molecule is O=C([C@H]1c2ccccc2C(=O)N(C2CCCC2)[C@@H]1c1cccs1)N1CCN(c2cccc(Cl)c2)CC1. The van der Waals surface area contributed by atoms with E-state index in [1.54, 1.807) is 11.3 Å². The zero-order chi connectivity index (χ0) is 24.6. The van der Waals surface area contributed by atoms with E-state index in [1.807, 2.05) is 53.4 Å². The van der Waals surface area contributed by atoms with Crippen molar-refractivity contribution in [2.24, 2.45) is 0 Å². The Bertz CT molecular complexity index is 1250. The summed E-state index contributed by atoms with van der Waals surface area (Å²) in [6.07, 6.45) is 4.29. The predicted molar refractivity (Wildman–Crippen MR) is 145 cm³/mol. The molecule has 0 N–H and O–H groups in total. The van der Waals surface area contributed by atoms with Crippen molar-refractivity contribution in [2.75, 3.05) is 31.1 Å². The van der Waals surface area contributed by atoms with E-state index in [4.69, 9.17) is 11.6 Å². The second-order valence-electron chi connectivity index (χ2n) is 9.97. The largest absolute Gasteiger partial charge is 0.368 e. The highest BCUT2D eigenvalue weighted by molar-refractivity contribution is 7.10. The molecular formula is C29H30ClN3O2S. The van der Waals surface area contributed by atoms with Crippen LogP contribution in [0.15, 0.2) is 66.0 Å². The van der Waals surface area contributed by atoms with Gasteiger partial charge in [0.25, 0.3) is 5.91 Å². The third-order valence-corrected chi connectivity index (χ3v) is 9.14. The number of nitrogens with zero attached hydrogens (tertiary/aromatic N) is 3. The summed E-state index contributed by atoms with van der Waals surface area (Å²) in [5.74, 6) is -0.191. The number of hydrogen-bond acceptors (Lipinski definition) is 4. The Labute approximate surface area is 221 Å². The average molecular weight is 520 g/mol. The fourth-order valence-electron chi connectivity index (χ4n) is 6.22. The van der Waals surface area contributed by atoms with Crippen LogP contribution in [0.1, 0.15) is 58.4 Å². The van der Waals surface area contributed by atoms with E-state index < -0.39 is 5.92 Å². The summed E-state index contributed by atoms with van der Waals surface area (Å²) in [5.41, 5.74) is 2.65. The number of piperazine rings is 1. The fraction of sp³-hybridized carbons (Fsp3) is 0.379. The van der Waals surface area contributed by atoms with Crippen molar-refractivity contribution in [3.8, 4) is 0 Å². The molecule has 3 heterocycles. The number of anilines is 1. The van der Waals surface area contributed by atoms with Crippen molar-refractivity contribution in [3.63, 3.8) is 0 Å². The summed E-state index contributed by atoms with van der Waals surface area (Å²) in [5, 5.41) is 2.78. The van der Waals surface area contributed by atoms with Crippen LogP contribution >= 0.6 is 22.9 Å². The monoisotopic (exact) mass is 519 g/mol. The molecule has 0 unspecified atom stereocenters. The first-order valence-corrected chi connectivity index (χ1v) is 14.1. The minimum atomic E-state index is -0.393. The molecule has 2 fully saturated rings. The molecule has 2 aliphatic heterocycles. The van der Waals surface area contributed by atoms with Gasteiger partial charge in [-0.2, -0.15) is 0 Å². The zero-order valence-corrected chi connectivity index (χ0v) is 21.8. The van der Waals surface area contributed by atoms with Crippen molar-refractivity contribution in [2.45, 2.75) is 43.7 Å². The Balaban J connectivity index is 1.34. The molecule has 7 heteroatoms. The maximum Gasteiger partial charge on any atom is 0.254 e. The molecule has 0 bridgehead atoms. The van der Waals surface area contributed by atoms with Crippen LogP contribution in [0.25, 0.3) is 0 Å². The maximum absolute atomic E-state index is 14.3. The third-order valence-electron chi connectivity index (χ3n) is 7.96. The second-order valence-corrected chi connectivity index (χ2v) is 11.4. The average Bonchev–Trinajstić information content (AvgIpc) is 3.63. The molecule has 6 rings (SSSR count). The van der Waals surface area contributed by atoms with Crippen LogP contribution < -0.4 is 4.90 Å². The number of thiophene rings is 1. The third kappa shape index (κ3) is 4.20. The summed E-state index contributed by atoms with van der Waals surface area (Å²) >= 11 is 7.86. The predicted octanol–water partition coefficient (Wildman–Crippen LogP) is 5.97. The molecule has 1 aromatic heterocycles. The number of hydrogen-bond donors (Lipinski definition) is 0. The van der Waals surface area contributed by atoms with Gasteiger partial charge in [-0.3, -0.25) is 9.59 Å². The topological polar surface area (TPSA) is 43.9 Å². The van der Waals surface area contributed by atoms with E-state index in [-0.39, 0.29) is 23.9 Å². The lowest BCUT2D eigenvalue weighted by molar-refractivity contribution is -0.135. The van der Waals surface area contributed by atoms with E-state index in [0.717, 1.165) is 59.9 Å². The van der Waals surface area contributed by atoms with Crippen molar-refractivity contribution in [3.05, 3.63) is 87.1 Å².